The zero-order valence-electron chi connectivity index (χ0n) is 17.6. The molecule has 2 aliphatic heterocycles. The molecule has 4 rings (SSSR count). The fourth-order valence-electron chi connectivity index (χ4n) is 4.26. The average molecular weight is 418 g/mol. The van der Waals surface area contributed by atoms with Crippen LogP contribution in [-0.2, 0) is 9.53 Å². The standard InChI is InChI=1S/C21H31N5O4/c1-14-22-9-18(21(29)24-14)20(28)23-8-17-12-26(19(27)13-30-17)11-16-4-6-25(7-5-16)10-15-2-3-15/h9,15-17H,2-8,10-13H2,1H3,(H,23,28)(H,22,24,29). The number of piperidine rings is 1. The van der Waals surface area contributed by atoms with Crippen LogP contribution in [0.15, 0.2) is 11.0 Å². The molecule has 2 N–H and O–H groups in total. The zero-order valence-corrected chi connectivity index (χ0v) is 17.6. The lowest BCUT2D eigenvalue weighted by Crippen LogP contribution is -2.52. The quantitative estimate of drug-likeness (QED) is 0.654. The Morgan fingerprint density at radius 2 is 1.93 bits per heavy atom. The van der Waals surface area contributed by atoms with Gasteiger partial charge in [0.2, 0.25) is 5.91 Å². The number of nitrogens with zero attached hydrogens (tertiary/aromatic N) is 3. The summed E-state index contributed by atoms with van der Waals surface area (Å²) in [5.74, 6) is 1.43. The van der Waals surface area contributed by atoms with Gasteiger partial charge in [-0.3, -0.25) is 14.4 Å². The molecule has 9 heteroatoms. The van der Waals surface area contributed by atoms with Crippen LogP contribution in [0.2, 0.25) is 0 Å². The van der Waals surface area contributed by atoms with E-state index >= 15 is 0 Å². The highest BCUT2D eigenvalue weighted by Gasteiger charge is 2.31. The van der Waals surface area contributed by atoms with E-state index in [2.05, 4.69) is 20.2 Å². The van der Waals surface area contributed by atoms with Crippen molar-refractivity contribution in [3.63, 3.8) is 0 Å². The van der Waals surface area contributed by atoms with Crippen molar-refractivity contribution in [2.45, 2.75) is 38.7 Å². The van der Waals surface area contributed by atoms with Crippen LogP contribution in [0.4, 0.5) is 0 Å². The van der Waals surface area contributed by atoms with Crippen molar-refractivity contribution in [1.29, 1.82) is 0 Å². The number of nitrogens with one attached hydrogen (secondary N) is 2. The maximum absolute atomic E-state index is 12.3. The van der Waals surface area contributed by atoms with E-state index in [0.717, 1.165) is 38.4 Å². The van der Waals surface area contributed by atoms with Crippen LogP contribution in [0.5, 0.6) is 0 Å². The molecule has 1 aromatic heterocycles. The zero-order chi connectivity index (χ0) is 21.1. The van der Waals surface area contributed by atoms with Crippen molar-refractivity contribution in [3.8, 4) is 0 Å². The predicted molar refractivity (Wildman–Crippen MR) is 110 cm³/mol. The van der Waals surface area contributed by atoms with Crippen molar-refractivity contribution in [2.75, 3.05) is 45.9 Å². The molecular weight excluding hydrogens is 386 g/mol. The van der Waals surface area contributed by atoms with Gasteiger partial charge in [0, 0.05) is 32.4 Å². The van der Waals surface area contributed by atoms with Crippen LogP contribution >= 0.6 is 0 Å². The van der Waals surface area contributed by atoms with Gasteiger partial charge in [-0.05, 0) is 57.5 Å². The Morgan fingerprint density at radius 1 is 1.20 bits per heavy atom. The van der Waals surface area contributed by atoms with Crippen molar-refractivity contribution in [1.82, 2.24) is 25.1 Å². The van der Waals surface area contributed by atoms with Gasteiger partial charge < -0.3 is 24.8 Å². The molecule has 30 heavy (non-hydrogen) atoms. The molecule has 1 unspecified atom stereocenters. The Morgan fingerprint density at radius 3 is 2.63 bits per heavy atom. The first kappa shape index (κ1) is 21.0. The van der Waals surface area contributed by atoms with Crippen LogP contribution in [0.25, 0.3) is 0 Å². The second-order valence-corrected chi connectivity index (χ2v) is 8.84. The molecule has 0 radical (unpaired) electrons. The van der Waals surface area contributed by atoms with Crippen LogP contribution in [0.3, 0.4) is 0 Å². The van der Waals surface area contributed by atoms with E-state index in [-0.39, 0.29) is 30.7 Å². The van der Waals surface area contributed by atoms with Crippen molar-refractivity contribution in [2.24, 2.45) is 11.8 Å². The molecule has 164 valence electrons. The highest BCUT2D eigenvalue weighted by Crippen LogP contribution is 2.31. The molecule has 0 spiro atoms. The minimum atomic E-state index is -0.487. The van der Waals surface area contributed by atoms with Crippen molar-refractivity contribution in [3.05, 3.63) is 27.9 Å². The lowest BCUT2D eigenvalue weighted by molar-refractivity contribution is -0.149. The maximum Gasteiger partial charge on any atom is 0.263 e. The van der Waals surface area contributed by atoms with E-state index in [1.54, 1.807) is 6.92 Å². The number of ether oxygens (including phenoxy) is 1. The summed E-state index contributed by atoms with van der Waals surface area (Å²) in [6.07, 6.45) is 6.02. The van der Waals surface area contributed by atoms with Gasteiger partial charge in [-0.2, -0.15) is 0 Å². The molecule has 1 aliphatic carbocycles. The van der Waals surface area contributed by atoms with Crippen LogP contribution in [0, 0.1) is 18.8 Å². The maximum atomic E-state index is 12.3. The number of morpholine rings is 1. The predicted octanol–water partition coefficient (Wildman–Crippen LogP) is 0.158. The van der Waals surface area contributed by atoms with Crippen molar-refractivity contribution >= 4 is 11.8 Å². The molecule has 1 saturated carbocycles. The lowest BCUT2D eigenvalue weighted by Gasteiger charge is -2.38. The number of rotatable bonds is 7. The molecule has 1 atom stereocenters. The average Bonchev–Trinajstić information content (AvgIpc) is 3.54. The van der Waals surface area contributed by atoms with Crippen LogP contribution < -0.4 is 10.9 Å². The number of aromatic amines is 1. The third kappa shape index (κ3) is 5.46. The molecule has 3 fully saturated rings. The topological polar surface area (TPSA) is 108 Å². The minimum Gasteiger partial charge on any atom is -0.365 e. The fraction of sp³-hybridized carbons (Fsp3) is 0.714. The molecule has 1 aromatic rings. The number of carbonyl (C=O) groups excluding carboxylic acids is 2. The minimum absolute atomic E-state index is 0.0113. The first-order chi connectivity index (χ1) is 14.5. The van der Waals surface area contributed by atoms with Gasteiger partial charge in [0.15, 0.2) is 0 Å². The first-order valence-electron chi connectivity index (χ1n) is 10.9. The van der Waals surface area contributed by atoms with Gasteiger partial charge >= 0.3 is 0 Å². The van der Waals surface area contributed by atoms with E-state index in [4.69, 9.17) is 4.74 Å². The van der Waals surface area contributed by atoms with Gasteiger partial charge in [0.05, 0.1) is 6.10 Å². The number of amides is 2. The monoisotopic (exact) mass is 417 g/mol. The van der Waals surface area contributed by atoms with Gasteiger partial charge in [-0.25, -0.2) is 4.98 Å². The van der Waals surface area contributed by atoms with E-state index in [0.29, 0.717) is 18.3 Å². The van der Waals surface area contributed by atoms with Crippen molar-refractivity contribution < 1.29 is 14.3 Å². The number of aryl methyl sites for hydroxylation is 1. The Labute approximate surface area is 176 Å². The summed E-state index contributed by atoms with van der Waals surface area (Å²) in [7, 11) is 0. The van der Waals surface area contributed by atoms with Gasteiger partial charge in [-0.1, -0.05) is 0 Å². The van der Waals surface area contributed by atoms with E-state index in [9.17, 15) is 14.4 Å². The SMILES string of the molecule is Cc1ncc(C(=O)NCC2CN(CC3CCN(CC4CC4)CC3)C(=O)CO2)c(=O)[nH]1. The molecule has 9 nitrogen and oxygen atoms in total. The Kier molecular flexibility index (Phi) is 6.48. The number of likely N-dealkylation sites (tertiary alicyclic amines) is 1. The summed E-state index contributed by atoms with van der Waals surface area (Å²) in [4.78, 5) is 47.4. The first-order valence-corrected chi connectivity index (χ1v) is 10.9. The number of hydrogen-bond donors (Lipinski definition) is 2. The normalized spacial score (nSPS) is 23.6. The third-order valence-electron chi connectivity index (χ3n) is 6.28. The number of H-pyrrole nitrogens is 1. The molecule has 2 saturated heterocycles. The summed E-state index contributed by atoms with van der Waals surface area (Å²) in [5, 5.41) is 2.73. The second-order valence-electron chi connectivity index (χ2n) is 8.84. The number of carbonyl (C=O) groups is 2. The molecule has 0 bridgehead atoms. The fourth-order valence-corrected chi connectivity index (χ4v) is 4.26. The van der Waals surface area contributed by atoms with Crippen LogP contribution in [-0.4, -0.2) is 83.6 Å². The van der Waals surface area contributed by atoms with Gasteiger partial charge in [-0.15, -0.1) is 0 Å². The van der Waals surface area contributed by atoms with E-state index in [1.807, 2.05) is 4.90 Å². The highest BCUT2D eigenvalue weighted by atomic mass is 16.5. The summed E-state index contributed by atoms with van der Waals surface area (Å²) in [5.41, 5.74) is -0.489. The second kappa shape index (κ2) is 9.26. The van der Waals surface area contributed by atoms with Gasteiger partial charge in [0.25, 0.3) is 11.5 Å². The van der Waals surface area contributed by atoms with Gasteiger partial charge in [0.1, 0.15) is 18.0 Å². The largest absolute Gasteiger partial charge is 0.365 e. The summed E-state index contributed by atoms with van der Waals surface area (Å²) in [6, 6.07) is 0. The Balaban J connectivity index is 1.23. The van der Waals surface area contributed by atoms with E-state index < -0.39 is 11.5 Å². The Bertz CT molecular complexity index is 829. The summed E-state index contributed by atoms with van der Waals surface area (Å²) in [6.45, 7) is 6.64. The summed E-state index contributed by atoms with van der Waals surface area (Å²) >= 11 is 0. The molecular formula is C21H31N5O4. The third-order valence-corrected chi connectivity index (χ3v) is 6.28. The molecule has 3 aliphatic rings. The summed E-state index contributed by atoms with van der Waals surface area (Å²) < 4.78 is 5.60. The number of hydrogen-bond acceptors (Lipinski definition) is 6. The molecule has 2 amide bonds. The van der Waals surface area contributed by atoms with Crippen LogP contribution in [0.1, 0.15) is 41.9 Å². The lowest BCUT2D eigenvalue weighted by atomic mass is 9.95. The number of aromatic nitrogens is 2. The highest BCUT2D eigenvalue weighted by molar-refractivity contribution is 5.93. The van der Waals surface area contributed by atoms with E-state index in [1.165, 1.54) is 25.6 Å². The molecule has 3 heterocycles. The molecule has 0 aromatic carbocycles. The smallest absolute Gasteiger partial charge is 0.263 e. The Hall–Kier alpha value is -2.26.